The molecule has 3 rings (SSSR count). The zero-order valence-electron chi connectivity index (χ0n) is 9.77. The Labute approximate surface area is 95.5 Å². The van der Waals surface area contributed by atoms with Crippen LogP contribution in [0.2, 0.25) is 0 Å². The monoisotopic (exact) mass is 212 g/mol. The van der Waals surface area contributed by atoms with Gasteiger partial charge in [0.15, 0.2) is 0 Å². The largest absolute Gasteiger partial charge is 0.277 e. The number of allylic oxidation sites excluding steroid dienone is 1. The molecule has 16 heavy (non-hydrogen) atoms. The molecule has 0 aliphatic heterocycles. The zero-order valence-corrected chi connectivity index (χ0v) is 9.77. The molecule has 2 heteroatoms. The number of hydrogen-bond donors (Lipinski definition) is 0. The summed E-state index contributed by atoms with van der Waals surface area (Å²) in [4.78, 5) is 0. The number of hydrogen-bond acceptors (Lipinski definition) is 0. The molecule has 2 nitrogen and oxygen atoms in total. The van der Waals surface area contributed by atoms with Crippen LogP contribution in [0.25, 0.3) is 17.1 Å². The number of benzene rings is 1. The van der Waals surface area contributed by atoms with Gasteiger partial charge in [-0.05, 0) is 6.42 Å². The lowest BCUT2D eigenvalue weighted by Gasteiger charge is -2.08. The number of aryl methyl sites for hydroxylation is 2. The number of aromatic nitrogens is 2. The molecule has 0 spiro atoms. The molecule has 0 radical (unpaired) electrons. The van der Waals surface area contributed by atoms with Gasteiger partial charge in [0.05, 0.1) is 0 Å². The molecule has 0 N–H and O–H groups in total. The Balaban J connectivity index is 2.50. The molecular weight excluding hydrogens is 196 g/mol. The zero-order chi connectivity index (χ0) is 11.1. The fraction of sp³-hybridized carbons (Fsp3) is 0.286. The summed E-state index contributed by atoms with van der Waals surface area (Å²) < 4.78 is 4.62. The second-order valence-electron chi connectivity index (χ2n) is 4.38. The Kier molecular flexibility index (Phi) is 2.03. The normalized spacial score (nSPS) is 14.1. The molecule has 0 saturated heterocycles. The second-order valence-corrected chi connectivity index (χ2v) is 4.38. The van der Waals surface area contributed by atoms with Crippen LogP contribution in [-0.4, -0.2) is 0 Å². The van der Waals surface area contributed by atoms with Crippen molar-refractivity contribution in [3.63, 3.8) is 0 Å². The standard InChI is InChI=1S/C14H16N2/c1-15-11-7-3-5-9-13(11)16(2)14-10-6-4-8-12(14)15/h3-5,7-9H,6,10H2,1-2H3/q+2. The first-order valence-electron chi connectivity index (χ1n) is 5.75. The average molecular weight is 212 g/mol. The fourth-order valence-electron chi connectivity index (χ4n) is 2.59. The predicted molar refractivity (Wildman–Crippen MR) is 63.7 cm³/mol. The highest BCUT2D eigenvalue weighted by atomic mass is 15.0. The van der Waals surface area contributed by atoms with E-state index in [1.54, 1.807) is 0 Å². The van der Waals surface area contributed by atoms with Crippen LogP contribution in [0.1, 0.15) is 17.8 Å². The summed E-state index contributed by atoms with van der Waals surface area (Å²) in [6.45, 7) is 0. The van der Waals surface area contributed by atoms with Gasteiger partial charge in [0.1, 0.15) is 14.1 Å². The van der Waals surface area contributed by atoms with Gasteiger partial charge in [-0.3, -0.25) is 0 Å². The summed E-state index contributed by atoms with van der Waals surface area (Å²) in [6, 6.07) is 8.57. The van der Waals surface area contributed by atoms with Crippen LogP contribution in [0, 0.1) is 0 Å². The van der Waals surface area contributed by atoms with Crippen molar-refractivity contribution in [1.82, 2.24) is 0 Å². The quantitative estimate of drug-likeness (QED) is 0.584. The van der Waals surface area contributed by atoms with E-state index in [1.165, 1.54) is 22.4 Å². The SMILES string of the molecule is C[n+]1c2c([n+](C)c3ccccc31)CCC=C2. The minimum absolute atomic E-state index is 1.14. The number of fused-ring (bicyclic) bond motifs is 2. The first-order valence-corrected chi connectivity index (χ1v) is 5.75. The van der Waals surface area contributed by atoms with Crippen LogP contribution >= 0.6 is 0 Å². The molecule has 0 saturated carbocycles. The molecule has 0 unspecified atom stereocenters. The Hall–Kier alpha value is -1.70. The molecule has 0 atom stereocenters. The van der Waals surface area contributed by atoms with Crippen LogP contribution in [0.4, 0.5) is 0 Å². The average Bonchev–Trinajstić information content (AvgIpc) is 2.36. The maximum Gasteiger partial charge on any atom is 0.277 e. The summed E-state index contributed by atoms with van der Waals surface area (Å²) in [5, 5.41) is 0. The van der Waals surface area contributed by atoms with Crippen LogP contribution < -0.4 is 9.13 Å². The van der Waals surface area contributed by atoms with Gasteiger partial charge in [-0.25, -0.2) is 0 Å². The smallest absolute Gasteiger partial charge is 0.187 e. The molecule has 1 aromatic heterocycles. The molecule has 1 aliphatic rings. The molecule has 1 aliphatic carbocycles. The van der Waals surface area contributed by atoms with Gasteiger partial charge in [-0.15, -0.1) is 0 Å². The third kappa shape index (κ3) is 1.19. The first kappa shape index (κ1) is 9.52. The van der Waals surface area contributed by atoms with Crippen LogP contribution in [-0.2, 0) is 20.5 Å². The fourth-order valence-corrected chi connectivity index (χ4v) is 2.59. The van der Waals surface area contributed by atoms with E-state index in [1.807, 2.05) is 0 Å². The predicted octanol–water partition coefficient (Wildman–Crippen LogP) is 1.45. The first-order chi connectivity index (χ1) is 7.79. The van der Waals surface area contributed by atoms with Crippen LogP contribution in [0.3, 0.4) is 0 Å². The van der Waals surface area contributed by atoms with Gasteiger partial charge in [0, 0.05) is 24.6 Å². The van der Waals surface area contributed by atoms with E-state index in [-0.39, 0.29) is 0 Å². The molecule has 2 aromatic rings. The highest BCUT2D eigenvalue weighted by Crippen LogP contribution is 2.15. The summed E-state index contributed by atoms with van der Waals surface area (Å²) >= 11 is 0. The third-order valence-electron chi connectivity index (χ3n) is 3.49. The summed E-state index contributed by atoms with van der Waals surface area (Å²) in [6.07, 6.45) is 6.79. The van der Waals surface area contributed by atoms with Crippen molar-refractivity contribution >= 4 is 17.1 Å². The van der Waals surface area contributed by atoms with E-state index in [9.17, 15) is 0 Å². The Morgan fingerprint density at radius 1 is 1.00 bits per heavy atom. The van der Waals surface area contributed by atoms with Crippen LogP contribution in [0.15, 0.2) is 30.3 Å². The lowest BCUT2D eigenvalue weighted by molar-refractivity contribution is -0.700. The minimum Gasteiger partial charge on any atom is -0.187 e. The summed E-state index contributed by atoms with van der Waals surface area (Å²) in [7, 11) is 4.32. The van der Waals surface area contributed by atoms with Crippen molar-refractivity contribution in [3.05, 3.63) is 41.7 Å². The van der Waals surface area contributed by atoms with Gasteiger partial charge in [-0.1, -0.05) is 18.2 Å². The van der Waals surface area contributed by atoms with Crippen molar-refractivity contribution in [1.29, 1.82) is 0 Å². The molecule has 1 heterocycles. The molecule has 80 valence electrons. The molecule has 0 bridgehead atoms. The lowest BCUT2D eigenvalue weighted by atomic mass is 10.1. The van der Waals surface area contributed by atoms with Crippen LogP contribution in [0.5, 0.6) is 0 Å². The topological polar surface area (TPSA) is 7.76 Å². The van der Waals surface area contributed by atoms with Crippen molar-refractivity contribution in [2.45, 2.75) is 12.8 Å². The number of para-hydroxylation sites is 2. The van der Waals surface area contributed by atoms with Gasteiger partial charge >= 0.3 is 0 Å². The van der Waals surface area contributed by atoms with Crippen molar-refractivity contribution in [2.24, 2.45) is 14.1 Å². The van der Waals surface area contributed by atoms with E-state index in [4.69, 9.17) is 0 Å². The van der Waals surface area contributed by atoms with Gasteiger partial charge in [0.2, 0.25) is 0 Å². The van der Waals surface area contributed by atoms with Gasteiger partial charge in [0.25, 0.3) is 22.4 Å². The van der Waals surface area contributed by atoms with E-state index in [0.29, 0.717) is 0 Å². The maximum atomic E-state index is 2.33. The van der Waals surface area contributed by atoms with E-state index in [2.05, 4.69) is 59.6 Å². The van der Waals surface area contributed by atoms with Crippen molar-refractivity contribution in [3.8, 4) is 0 Å². The number of rotatable bonds is 0. The summed E-state index contributed by atoms with van der Waals surface area (Å²) in [5.74, 6) is 0. The Morgan fingerprint density at radius 2 is 1.69 bits per heavy atom. The minimum atomic E-state index is 1.14. The van der Waals surface area contributed by atoms with Gasteiger partial charge in [-0.2, -0.15) is 9.13 Å². The van der Waals surface area contributed by atoms with E-state index >= 15 is 0 Å². The molecule has 0 amide bonds. The van der Waals surface area contributed by atoms with E-state index < -0.39 is 0 Å². The Bertz CT molecular complexity index is 597. The summed E-state index contributed by atoms with van der Waals surface area (Å²) in [5.41, 5.74) is 5.37. The molecular formula is C14H16N2+2. The highest BCUT2D eigenvalue weighted by Gasteiger charge is 2.27. The maximum absolute atomic E-state index is 2.33. The third-order valence-corrected chi connectivity index (χ3v) is 3.49. The number of nitrogens with zero attached hydrogens (tertiary/aromatic N) is 2. The molecule has 0 fully saturated rings. The van der Waals surface area contributed by atoms with Gasteiger partial charge < -0.3 is 0 Å². The van der Waals surface area contributed by atoms with E-state index in [0.717, 1.165) is 12.8 Å². The highest BCUT2D eigenvalue weighted by molar-refractivity contribution is 5.68. The lowest BCUT2D eigenvalue weighted by Crippen LogP contribution is -2.46. The Morgan fingerprint density at radius 3 is 2.44 bits per heavy atom. The molecule has 1 aromatic carbocycles. The van der Waals surface area contributed by atoms with Crippen molar-refractivity contribution in [2.75, 3.05) is 0 Å². The van der Waals surface area contributed by atoms with Crippen molar-refractivity contribution < 1.29 is 9.13 Å². The second kappa shape index (κ2) is 3.41.